The van der Waals surface area contributed by atoms with Gasteiger partial charge in [0, 0.05) is 18.0 Å². The van der Waals surface area contributed by atoms with E-state index < -0.39 is 0 Å². The third kappa shape index (κ3) is 2.15. The predicted octanol–water partition coefficient (Wildman–Crippen LogP) is 2.57. The molecular formula is C10H13N3. The molecule has 0 aliphatic rings. The summed E-state index contributed by atoms with van der Waals surface area (Å²) in [7, 11) is 0. The maximum atomic E-state index is 4.24. The second kappa shape index (κ2) is 4.40. The standard InChI is InChI=1S/C10H13N3/c1-4-6-7-11-10-9(3)8-12-13(10)5-2/h4-8H,2H2,1,3H3/b6-4-,11-7-. The lowest BCUT2D eigenvalue weighted by atomic mass is 10.4. The van der Waals surface area contributed by atoms with E-state index in [2.05, 4.69) is 16.7 Å². The summed E-state index contributed by atoms with van der Waals surface area (Å²) < 4.78 is 1.65. The van der Waals surface area contributed by atoms with E-state index >= 15 is 0 Å². The fourth-order valence-corrected chi connectivity index (χ4v) is 0.936. The fraction of sp³-hybridized carbons (Fsp3) is 0.200. The van der Waals surface area contributed by atoms with Crippen molar-refractivity contribution in [3.8, 4) is 0 Å². The first-order chi connectivity index (χ1) is 6.29. The largest absolute Gasteiger partial charge is 0.237 e. The average Bonchev–Trinajstić information content (AvgIpc) is 2.48. The van der Waals surface area contributed by atoms with Gasteiger partial charge in [0.1, 0.15) is 0 Å². The number of allylic oxidation sites excluding steroid dienone is 2. The Bertz CT molecular complexity index is 345. The molecule has 0 bridgehead atoms. The highest BCUT2D eigenvalue weighted by Crippen LogP contribution is 2.16. The molecule has 1 aromatic rings. The molecule has 0 aliphatic carbocycles. The Morgan fingerprint density at radius 2 is 2.38 bits per heavy atom. The molecule has 68 valence electrons. The number of aromatic nitrogens is 2. The Hall–Kier alpha value is -1.64. The van der Waals surface area contributed by atoms with Crippen LogP contribution in [0.1, 0.15) is 12.5 Å². The Labute approximate surface area is 78.1 Å². The first-order valence-electron chi connectivity index (χ1n) is 4.11. The number of rotatable bonds is 3. The van der Waals surface area contributed by atoms with Gasteiger partial charge in [-0.1, -0.05) is 12.7 Å². The zero-order valence-electron chi connectivity index (χ0n) is 7.94. The summed E-state index contributed by atoms with van der Waals surface area (Å²) in [6, 6.07) is 0. The Morgan fingerprint density at radius 3 is 3.00 bits per heavy atom. The van der Waals surface area contributed by atoms with Gasteiger partial charge < -0.3 is 0 Å². The quantitative estimate of drug-likeness (QED) is 0.649. The van der Waals surface area contributed by atoms with Crippen molar-refractivity contribution in [2.45, 2.75) is 13.8 Å². The lowest BCUT2D eigenvalue weighted by Gasteiger charge is -1.94. The third-order valence-corrected chi connectivity index (χ3v) is 1.59. The van der Waals surface area contributed by atoms with Crippen molar-refractivity contribution < 1.29 is 0 Å². The normalized spacial score (nSPS) is 11.5. The van der Waals surface area contributed by atoms with Gasteiger partial charge in [0.2, 0.25) is 0 Å². The zero-order chi connectivity index (χ0) is 9.68. The van der Waals surface area contributed by atoms with Crippen LogP contribution in [0.4, 0.5) is 5.82 Å². The van der Waals surface area contributed by atoms with Crippen molar-refractivity contribution in [3.63, 3.8) is 0 Å². The molecule has 0 radical (unpaired) electrons. The molecule has 3 heteroatoms. The van der Waals surface area contributed by atoms with Crippen LogP contribution >= 0.6 is 0 Å². The van der Waals surface area contributed by atoms with Crippen LogP contribution in [0.3, 0.4) is 0 Å². The minimum Gasteiger partial charge on any atom is -0.237 e. The highest BCUT2D eigenvalue weighted by Gasteiger charge is 2.00. The van der Waals surface area contributed by atoms with Crippen LogP contribution in [0.2, 0.25) is 0 Å². The topological polar surface area (TPSA) is 30.2 Å². The molecule has 0 fully saturated rings. The summed E-state index contributed by atoms with van der Waals surface area (Å²) >= 11 is 0. The minimum atomic E-state index is 0.827. The minimum absolute atomic E-state index is 0.827. The predicted molar refractivity (Wildman–Crippen MR) is 56.3 cm³/mol. The summed E-state index contributed by atoms with van der Waals surface area (Å²) in [5.41, 5.74) is 1.04. The lowest BCUT2D eigenvalue weighted by Crippen LogP contribution is -1.86. The second-order valence-corrected chi connectivity index (χ2v) is 2.58. The van der Waals surface area contributed by atoms with Gasteiger partial charge in [-0.15, -0.1) is 0 Å². The lowest BCUT2D eigenvalue weighted by molar-refractivity contribution is 0.935. The van der Waals surface area contributed by atoms with Gasteiger partial charge in [-0.05, 0) is 19.9 Å². The van der Waals surface area contributed by atoms with E-state index in [4.69, 9.17) is 0 Å². The first-order valence-corrected chi connectivity index (χ1v) is 4.11. The van der Waals surface area contributed by atoms with Crippen molar-refractivity contribution in [1.82, 2.24) is 9.78 Å². The van der Waals surface area contributed by atoms with Crippen LogP contribution in [0.5, 0.6) is 0 Å². The number of nitrogens with zero attached hydrogens (tertiary/aromatic N) is 3. The molecule has 0 aliphatic heterocycles. The Morgan fingerprint density at radius 1 is 1.62 bits per heavy atom. The van der Waals surface area contributed by atoms with E-state index in [0.717, 1.165) is 11.4 Å². The van der Waals surface area contributed by atoms with Gasteiger partial charge in [0.15, 0.2) is 5.82 Å². The van der Waals surface area contributed by atoms with E-state index in [1.165, 1.54) is 0 Å². The Balaban J connectivity index is 2.97. The molecule has 0 saturated heterocycles. The van der Waals surface area contributed by atoms with Gasteiger partial charge in [-0.3, -0.25) is 0 Å². The van der Waals surface area contributed by atoms with E-state index in [1.54, 1.807) is 23.3 Å². The number of aryl methyl sites for hydroxylation is 1. The molecule has 0 aromatic carbocycles. The van der Waals surface area contributed by atoms with Crippen LogP contribution < -0.4 is 0 Å². The molecule has 0 spiro atoms. The first kappa shape index (κ1) is 9.45. The van der Waals surface area contributed by atoms with Crippen molar-refractivity contribution in [3.05, 3.63) is 30.5 Å². The van der Waals surface area contributed by atoms with Crippen LogP contribution in [0.15, 0.2) is 29.9 Å². The summed E-state index contributed by atoms with van der Waals surface area (Å²) in [5.74, 6) is 0.827. The van der Waals surface area contributed by atoms with Crippen molar-refractivity contribution >= 4 is 18.2 Å². The zero-order valence-corrected chi connectivity index (χ0v) is 7.94. The summed E-state index contributed by atoms with van der Waals surface area (Å²) in [5, 5.41) is 4.07. The SMILES string of the molecule is C=Cn1ncc(C)c1/N=C\C=C/C. The molecule has 0 unspecified atom stereocenters. The maximum absolute atomic E-state index is 4.24. The van der Waals surface area contributed by atoms with Crippen molar-refractivity contribution in [2.75, 3.05) is 0 Å². The Kier molecular flexibility index (Phi) is 3.20. The van der Waals surface area contributed by atoms with E-state index in [0.29, 0.717) is 0 Å². The van der Waals surface area contributed by atoms with Gasteiger partial charge in [-0.2, -0.15) is 5.10 Å². The van der Waals surface area contributed by atoms with Gasteiger partial charge >= 0.3 is 0 Å². The van der Waals surface area contributed by atoms with E-state index in [9.17, 15) is 0 Å². The maximum Gasteiger partial charge on any atom is 0.157 e. The van der Waals surface area contributed by atoms with Gasteiger partial charge in [0.25, 0.3) is 0 Å². The van der Waals surface area contributed by atoms with Crippen LogP contribution in [0, 0.1) is 6.92 Å². The van der Waals surface area contributed by atoms with Crippen LogP contribution in [-0.2, 0) is 0 Å². The van der Waals surface area contributed by atoms with Gasteiger partial charge in [-0.25, -0.2) is 9.67 Å². The van der Waals surface area contributed by atoms with E-state index in [-0.39, 0.29) is 0 Å². The molecule has 1 rings (SSSR count). The fourth-order valence-electron chi connectivity index (χ4n) is 0.936. The molecule has 1 heterocycles. The molecule has 0 saturated carbocycles. The molecule has 0 amide bonds. The van der Waals surface area contributed by atoms with E-state index in [1.807, 2.05) is 26.0 Å². The molecule has 13 heavy (non-hydrogen) atoms. The number of hydrogen-bond acceptors (Lipinski definition) is 2. The highest BCUT2D eigenvalue weighted by molar-refractivity contribution is 5.74. The molecule has 1 aromatic heterocycles. The van der Waals surface area contributed by atoms with Crippen LogP contribution in [0.25, 0.3) is 6.20 Å². The summed E-state index contributed by atoms with van der Waals surface area (Å²) in [6.45, 7) is 7.56. The monoisotopic (exact) mass is 175 g/mol. The average molecular weight is 175 g/mol. The second-order valence-electron chi connectivity index (χ2n) is 2.58. The summed E-state index contributed by atoms with van der Waals surface area (Å²) in [6.07, 6.45) is 8.94. The number of aliphatic imine (C=N–C) groups is 1. The van der Waals surface area contributed by atoms with Crippen molar-refractivity contribution in [1.29, 1.82) is 0 Å². The summed E-state index contributed by atoms with van der Waals surface area (Å²) in [4.78, 5) is 4.24. The molecule has 3 nitrogen and oxygen atoms in total. The van der Waals surface area contributed by atoms with Gasteiger partial charge in [0.05, 0.1) is 6.20 Å². The van der Waals surface area contributed by atoms with Crippen LogP contribution in [-0.4, -0.2) is 16.0 Å². The number of hydrogen-bond donors (Lipinski definition) is 0. The smallest absolute Gasteiger partial charge is 0.157 e. The van der Waals surface area contributed by atoms with Crippen molar-refractivity contribution in [2.24, 2.45) is 4.99 Å². The molecule has 0 N–H and O–H groups in total. The third-order valence-electron chi connectivity index (χ3n) is 1.59. The molecular weight excluding hydrogens is 162 g/mol. The highest BCUT2D eigenvalue weighted by atomic mass is 15.3. The molecule has 0 atom stereocenters.